The second-order valence-electron chi connectivity index (χ2n) is 15.2. The van der Waals surface area contributed by atoms with Crippen molar-refractivity contribution < 1.29 is 0 Å². The van der Waals surface area contributed by atoms with E-state index < -0.39 is 0 Å². The fourth-order valence-corrected chi connectivity index (χ4v) is 10.00. The summed E-state index contributed by atoms with van der Waals surface area (Å²) in [5.41, 5.74) is 7.45. The lowest BCUT2D eigenvalue weighted by Gasteiger charge is -2.18. The molecule has 0 aromatic heterocycles. The van der Waals surface area contributed by atoms with Crippen molar-refractivity contribution in [3.05, 3.63) is 182 Å². The first-order valence-electron chi connectivity index (χ1n) is 18.9. The zero-order chi connectivity index (χ0) is 35.1. The van der Waals surface area contributed by atoms with E-state index in [1.807, 2.05) is 0 Å². The van der Waals surface area contributed by atoms with Crippen LogP contribution in [0.15, 0.2) is 182 Å². The topological polar surface area (TPSA) is 0 Å². The van der Waals surface area contributed by atoms with Crippen LogP contribution in [-0.4, -0.2) is 0 Å². The smallest absolute Gasteiger partial charge is 0.00206 e. The van der Waals surface area contributed by atoms with Crippen LogP contribution in [0.25, 0.3) is 130 Å². The fraction of sp³-hybridized carbons (Fsp3) is 0. The monoisotopic (exact) mass is 678 g/mol. The summed E-state index contributed by atoms with van der Waals surface area (Å²) in [6.07, 6.45) is 0. The molecule has 0 spiro atoms. The molecule has 13 aromatic carbocycles. The van der Waals surface area contributed by atoms with Gasteiger partial charge in [-0.3, -0.25) is 0 Å². The Labute approximate surface area is 311 Å². The Morgan fingerprint density at radius 3 is 0.889 bits per heavy atom. The maximum Gasteiger partial charge on any atom is -0.00206 e. The van der Waals surface area contributed by atoms with Crippen molar-refractivity contribution in [2.75, 3.05) is 0 Å². The highest BCUT2D eigenvalue weighted by Crippen LogP contribution is 2.45. The molecule has 0 amide bonds. The highest BCUT2D eigenvalue weighted by molar-refractivity contribution is 6.28. The predicted molar refractivity (Wildman–Crippen MR) is 234 cm³/mol. The van der Waals surface area contributed by atoms with E-state index in [4.69, 9.17) is 0 Å². The van der Waals surface area contributed by atoms with E-state index in [0.29, 0.717) is 0 Å². The molecule has 0 heterocycles. The van der Waals surface area contributed by atoms with Gasteiger partial charge in [-0.1, -0.05) is 152 Å². The molecule has 0 aliphatic rings. The summed E-state index contributed by atoms with van der Waals surface area (Å²) in [7, 11) is 0. The summed E-state index contributed by atoms with van der Waals surface area (Å²) < 4.78 is 0. The van der Waals surface area contributed by atoms with Gasteiger partial charge in [-0.05, 0) is 161 Å². The SMILES string of the molecule is c1cc2ccc3cc(-c4cc(-c5ccc6ccc7cccc8ccc5c6c78)cc(-c5ccc6ccc7cccc8ccc5c6c78)c4)cc4ccc(c1)c2c34. The van der Waals surface area contributed by atoms with Crippen molar-refractivity contribution in [3.8, 4) is 33.4 Å². The fourth-order valence-electron chi connectivity index (χ4n) is 10.00. The molecule has 0 saturated carbocycles. The summed E-state index contributed by atoms with van der Waals surface area (Å²) in [6, 6.07) is 69.0. The number of rotatable bonds is 3. The third-order valence-corrected chi connectivity index (χ3v) is 12.4. The Kier molecular flexibility index (Phi) is 5.45. The quantitative estimate of drug-likeness (QED) is 0.163. The minimum atomic E-state index is 1.23. The zero-order valence-corrected chi connectivity index (χ0v) is 29.3. The molecule has 0 N–H and O–H groups in total. The molecule has 0 aliphatic heterocycles. The first-order chi connectivity index (χ1) is 26.7. The van der Waals surface area contributed by atoms with Crippen molar-refractivity contribution >= 4 is 97.0 Å². The molecule has 246 valence electrons. The molecular formula is C54H30. The largest absolute Gasteiger partial charge is 0.0610 e. The van der Waals surface area contributed by atoms with E-state index in [9.17, 15) is 0 Å². The van der Waals surface area contributed by atoms with Crippen molar-refractivity contribution in [2.24, 2.45) is 0 Å². The van der Waals surface area contributed by atoms with Gasteiger partial charge >= 0.3 is 0 Å². The molecular weight excluding hydrogens is 649 g/mol. The van der Waals surface area contributed by atoms with E-state index in [-0.39, 0.29) is 0 Å². The maximum atomic E-state index is 2.44. The molecule has 0 bridgehead atoms. The maximum absolute atomic E-state index is 2.44. The molecule has 54 heavy (non-hydrogen) atoms. The van der Waals surface area contributed by atoms with Gasteiger partial charge in [-0.2, -0.15) is 0 Å². The minimum absolute atomic E-state index is 1.23. The van der Waals surface area contributed by atoms with Crippen LogP contribution in [0.4, 0.5) is 0 Å². The Morgan fingerprint density at radius 2 is 0.463 bits per heavy atom. The molecule has 0 nitrogen and oxygen atoms in total. The van der Waals surface area contributed by atoms with Gasteiger partial charge in [-0.15, -0.1) is 0 Å². The van der Waals surface area contributed by atoms with Crippen LogP contribution in [0.5, 0.6) is 0 Å². The van der Waals surface area contributed by atoms with Crippen molar-refractivity contribution in [1.82, 2.24) is 0 Å². The van der Waals surface area contributed by atoms with Gasteiger partial charge < -0.3 is 0 Å². The standard InChI is InChI=1S/C54H30/c1-4-31-14-16-39-26-41(27-40-17-15-32(5-1)49(31)52(39)40)42-28-43(45-22-18-37-12-10-33-6-2-8-35-20-24-47(45)53(37)50(33)35)30-44(29-42)46-23-19-38-13-11-34-7-3-9-36-21-25-48(46)54(38)51(34)36/h1-30H. The summed E-state index contributed by atoms with van der Waals surface area (Å²) in [5, 5.41) is 23.6. The highest BCUT2D eigenvalue weighted by atomic mass is 14.2. The van der Waals surface area contributed by atoms with Crippen LogP contribution >= 0.6 is 0 Å². The van der Waals surface area contributed by atoms with Gasteiger partial charge in [-0.25, -0.2) is 0 Å². The predicted octanol–water partition coefficient (Wildman–Crippen LogP) is 15.4. The lowest BCUT2D eigenvalue weighted by Crippen LogP contribution is -1.91. The lowest BCUT2D eigenvalue weighted by atomic mass is 9.85. The molecule has 0 saturated heterocycles. The van der Waals surface area contributed by atoms with Gasteiger partial charge in [0.1, 0.15) is 0 Å². The van der Waals surface area contributed by atoms with Crippen LogP contribution in [-0.2, 0) is 0 Å². The Balaban J connectivity index is 1.12. The molecule has 0 aliphatic carbocycles. The van der Waals surface area contributed by atoms with Crippen LogP contribution in [0, 0.1) is 0 Å². The van der Waals surface area contributed by atoms with Crippen molar-refractivity contribution in [3.63, 3.8) is 0 Å². The third kappa shape index (κ3) is 3.82. The summed E-state index contributed by atoms with van der Waals surface area (Å²) >= 11 is 0. The van der Waals surface area contributed by atoms with Gasteiger partial charge in [0.2, 0.25) is 0 Å². The Morgan fingerprint density at radius 1 is 0.185 bits per heavy atom. The number of hydrogen-bond acceptors (Lipinski definition) is 0. The average molecular weight is 679 g/mol. The second-order valence-corrected chi connectivity index (χ2v) is 15.2. The van der Waals surface area contributed by atoms with Crippen molar-refractivity contribution in [2.45, 2.75) is 0 Å². The Bertz CT molecular complexity index is 3400. The number of hydrogen-bond donors (Lipinski definition) is 0. The van der Waals surface area contributed by atoms with E-state index in [1.165, 1.54) is 130 Å². The molecule has 0 unspecified atom stereocenters. The normalized spacial score (nSPS) is 12.4. The molecule has 0 heteroatoms. The molecule has 13 rings (SSSR count). The summed E-state index contributed by atoms with van der Waals surface area (Å²) in [6.45, 7) is 0. The van der Waals surface area contributed by atoms with Gasteiger partial charge in [0, 0.05) is 0 Å². The van der Waals surface area contributed by atoms with Crippen LogP contribution in [0.2, 0.25) is 0 Å². The van der Waals surface area contributed by atoms with Crippen molar-refractivity contribution in [1.29, 1.82) is 0 Å². The molecule has 13 aromatic rings. The first kappa shape index (κ1) is 28.6. The first-order valence-corrected chi connectivity index (χ1v) is 18.9. The van der Waals surface area contributed by atoms with E-state index in [0.717, 1.165) is 0 Å². The second kappa shape index (κ2) is 10.3. The van der Waals surface area contributed by atoms with E-state index in [1.54, 1.807) is 0 Å². The van der Waals surface area contributed by atoms with Gasteiger partial charge in [0.25, 0.3) is 0 Å². The highest BCUT2D eigenvalue weighted by Gasteiger charge is 2.18. The van der Waals surface area contributed by atoms with E-state index in [2.05, 4.69) is 182 Å². The van der Waals surface area contributed by atoms with Crippen LogP contribution in [0.3, 0.4) is 0 Å². The van der Waals surface area contributed by atoms with Gasteiger partial charge in [0.05, 0.1) is 0 Å². The summed E-state index contributed by atoms with van der Waals surface area (Å²) in [5.74, 6) is 0. The zero-order valence-electron chi connectivity index (χ0n) is 29.3. The lowest BCUT2D eigenvalue weighted by molar-refractivity contribution is 1.61. The third-order valence-electron chi connectivity index (χ3n) is 12.4. The summed E-state index contributed by atoms with van der Waals surface area (Å²) in [4.78, 5) is 0. The molecule has 0 atom stereocenters. The minimum Gasteiger partial charge on any atom is -0.0610 e. The van der Waals surface area contributed by atoms with Crippen LogP contribution < -0.4 is 0 Å². The Hall–Kier alpha value is -7.02. The molecule has 0 radical (unpaired) electrons. The molecule has 0 fully saturated rings. The van der Waals surface area contributed by atoms with E-state index >= 15 is 0 Å². The van der Waals surface area contributed by atoms with Crippen LogP contribution in [0.1, 0.15) is 0 Å². The van der Waals surface area contributed by atoms with Gasteiger partial charge in [0.15, 0.2) is 0 Å². The average Bonchev–Trinajstić information content (AvgIpc) is 3.23. The number of benzene rings is 13.